The number of fused-ring (bicyclic) bond motifs is 1. The van der Waals surface area contributed by atoms with Gasteiger partial charge in [0.25, 0.3) is 0 Å². The molecular formula is C10H8FNO2S. The molecule has 0 unspecified atom stereocenters. The van der Waals surface area contributed by atoms with E-state index in [1.807, 2.05) is 0 Å². The number of hydrogen-bond acceptors (Lipinski definition) is 3. The van der Waals surface area contributed by atoms with Crippen LogP contribution in [0.25, 0.3) is 0 Å². The molecule has 0 saturated carbocycles. The van der Waals surface area contributed by atoms with Gasteiger partial charge < -0.3 is 10.0 Å². The first kappa shape index (κ1) is 10.0. The molecule has 78 valence electrons. The summed E-state index contributed by atoms with van der Waals surface area (Å²) in [6.07, 6.45) is 1.11. The van der Waals surface area contributed by atoms with E-state index < -0.39 is 5.97 Å². The van der Waals surface area contributed by atoms with Crippen molar-refractivity contribution in [1.29, 1.82) is 0 Å². The predicted molar refractivity (Wildman–Crippen MR) is 56.4 cm³/mol. The van der Waals surface area contributed by atoms with E-state index in [0.717, 1.165) is 16.7 Å². The molecule has 0 atom stereocenters. The van der Waals surface area contributed by atoms with E-state index in [2.05, 4.69) is 0 Å². The SMILES string of the molecule is CN1C(=CC(=O)O)Sc2cc(F)ccc21. The van der Waals surface area contributed by atoms with Gasteiger partial charge in [-0.05, 0) is 18.2 Å². The smallest absolute Gasteiger partial charge is 0.330 e. The van der Waals surface area contributed by atoms with E-state index in [-0.39, 0.29) is 5.82 Å². The van der Waals surface area contributed by atoms with E-state index in [1.54, 1.807) is 18.0 Å². The van der Waals surface area contributed by atoms with Gasteiger partial charge in [-0.15, -0.1) is 0 Å². The van der Waals surface area contributed by atoms with Crippen LogP contribution in [0.3, 0.4) is 0 Å². The minimum atomic E-state index is -1.00. The highest BCUT2D eigenvalue weighted by Crippen LogP contribution is 2.44. The lowest BCUT2D eigenvalue weighted by Crippen LogP contribution is -2.10. The monoisotopic (exact) mass is 225 g/mol. The van der Waals surface area contributed by atoms with E-state index in [9.17, 15) is 9.18 Å². The average molecular weight is 225 g/mol. The number of benzene rings is 1. The molecule has 0 aliphatic carbocycles. The Kier molecular flexibility index (Phi) is 2.40. The first-order valence-corrected chi connectivity index (χ1v) is 5.05. The highest BCUT2D eigenvalue weighted by Gasteiger charge is 2.22. The number of aliphatic carboxylic acids is 1. The second-order valence-electron chi connectivity index (χ2n) is 3.09. The van der Waals surface area contributed by atoms with Crippen LogP contribution in [0.15, 0.2) is 34.2 Å². The van der Waals surface area contributed by atoms with Crippen molar-refractivity contribution in [2.45, 2.75) is 4.90 Å². The quantitative estimate of drug-likeness (QED) is 0.744. The van der Waals surface area contributed by atoms with Gasteiger partial charge in [0.1, 0.15) is 5.82 Å². The molecule has 5 heteroatoms. The molecule has 0 bridgehead atoms. The lowest BCUT2D eigenvalue weighted by atomic mass is 10.3. The third-order valence-electron chi connectivity index (χ3n) is 2.08. The van der Waals surface area contributed by atoms with Gasteiger partial charge in [-0.2, -0.15) is 0 Å². The summed E-state index contributed by atoms with van der Waals surface area (Å²) in [5.41, 5.74) is 0.828. The third-order valence-corrected chi connectivity index (χ3v) is 3.22. The van der Waals surface area contributed by atoms with Crippen molar-refractivity contribution >= 4 is 23.4 Å². The maximum atomic E-state index is 12.9. The third kappa shape index (κ3) is 1.83. The summed E-state index contributed by atoms with van der Waals surface area (Å²) >= 11 is 1.25. The fourth-order valence-corrected chi connectivity index (χ4v) is 2.48. The number of carboxylic acid groups (broad SMARTS) is 1. The number of halogens is 1. The van der Waals surface area contributed by atoms with Gasteiger partial charge in [0, 0.05) is 11.9 Å². The van der Waals surface area contributed by atoms with Gasteiger partial charge in [-0.3, -0.25) is 0 Å². The summed E-state index contributed by atoms with van der Waals surface area (Å²) in [5.74, 6) is -1.32. The summed E-state index contributed by atoms with van der Waals surface area (Å²) in [5, 5.41) is 9.22. The Bertz CT molecular complexity index is 459. The Morgan fingerprint density at radius 3 is 3.00 bits per heavy atom. The number of carbonyl (C=O) groups is 1. The fourth-order valence-electron chi connectivity index (χ4n) is 1.38. The zero-order chi connectivity index (χ0) is 11.0. The summed E-state index contributed by atoms with van der Waals surface area (Å²) < 4.78 is 12.9. The zero-order valence-electron chi connectivity index (χ0n) is 7.90. The molecule has 2 rings (SSSR count). The average Bonchev–Trinajstić information content (AvgIpc) is 2.42. The molecular weight excluding hydrogens is 217 g/mol. The normalized spacial score (nSPS) is 16.9. The van der Waals surface area contributed by atoms with Crippen molar-refractivity contribution in [2.24, 2.45) is 0 Å². The van der Waals surface area contributed by atoms with Crippen LogP contribution < -0.4 is 4.90 Å². The van der Waals surface area contributed by atoms with Crippen LogP contribution in [0.5, 0.6) is 0 Å². The number of anilines is 1. The summed E-state index contributed by atoms with van der Waals surface area (Å²) in [7, 11) is 1.76. The maximum absolute atomic E-state index is 12.9. The molecule has 1 aliphatic rings. The number of carboxylic acids is 1. The fraction of sp³-hybridized carbons (Fsp3) is 0.100. The maximum Gasteiger partial charge on any atom is 0.330 e. The molecule has 0 aromatic heterocycles. The Labute approximate surface area is 90.2 Å². The van der Waals surface area contributed by atoms with Crippen LogP contribution in [0.2, 0.25) is 0 Å². The van der Waals surface area contributed by atoms with Crippen molar-refractivity contribution in [3.8, 4) is 0 Å². The molecule has 1 aromatic carbocycles. The molecule has 1 aromatic rings. The van der Waals surface area contributed by atoms with Crippen molar-refractivity contribution in [3.05, 3.63) is 35.1 Å². The van der Waals surface area contributed by atoms with Crippen LogP contribution in [0.4, 0.5) is 10.1 Å². The first-order chi connectivity index (χ1) is 7.08. The summed E-state index contributed by atoms with van der Waals surface area (Å²) in [6.45, 7) is 0. The number of rotatable bonds is 1. The van der Waals surface area contributed by atoms with Crippen molar-refractivity contribution in [1.82, 2.24) is 0 Å². The highest BCUT2D eigenvalue weighted by molar-refractivity contribution is 8.03. The van der Waals surface area contributed by atoms with Crippen molar-refractivity contribution < 1.29 is 14.3 Å². The van der Waals surface area contributed by atoms with Crippen molar-refractivity contribution in [3.63, 3.8) is 0 Å². The van der Waals surface area contributed by atoms with Crippen LogP contribution in [-0.4, -0.2) is 18.1 Å². The van der Waals surface area contributed by atoms with Crippen LogP contribution in [-0.2, 0) is 4.79 Å². The molecule has 0 spiro atoms. The molecule has 1 N–H and O–H groups in total. The van der Waals surface area contributed by atoms with Gasteiger partial charge in [-0.1, -0.05) is 11.8 Å². The van der Waals surface area contributed by atoms with Crippen LogP contribution in [0, 0.1) is 5.82 Å². The largest absolute Gasteiger partial charge is 0.478 e. The zero-order valence-corrected chi connectivity index (χ0v) is 8.71. The molecule has 15 heavy (non-hydrogen) atoms. The molecule has 0 saturated heterocycles. The van der Waals surface area contributed by atoms with Gasteiger partial charge in [0.05, 0.1) is 16.8 Å². The molecule has 0 amide bonds. The highest BCUT2D eigenvalue weighted by atomic mass is 32.2. The number of nitrogens with zero attached hydrogens (tertiary/aromatic N) is 1. The number of thioether (sulfide) groups is 1. The minimum Gasteiger partial charge on any atom is -0.478 e. The van der Waals surface area contributed by atoms with Gasteiger partial charge >= 0.3 is 5.97 Å². The van der Waals surface area contributed by atoms with Crippen LogP contribution in [0.1, 0.15) is 0 Å². The topological polar surface area (TPSA) is 40.5 Å². The van der Waals surface area contributed by atoms with E-state index in [4.69, 9.17) is 5.11 Å². The Balaban J connectivity index is 2.41. The van der Waals surface area contributed by atoms with Gasteiger partial charge in [0.15, 0.2) is 0 Å². The Hall–Kier alpha value is -1.49. The number of hydrogen-bond donors (Lipinski definition) is 1. The predicted octanol–water partition coefficient (Wildman–Crippen LogP) is 2.29. The standard InChI is InChI=1S/C10H8FNO2S/c1-12-7-3-2-6(11)4-8(7)15-9(12)5-10(13)14/h2-5H,1H3,(H,13,14). The molecule has 3 nitrogen and oxygen atoms in total. The lowest BCUT2D eigenvalue weighted by molar-refractivity contribution is -0.131. The molecule has 0 fully saturated rings. The van der Waals surface area contributed by atoms with Gasteiger partial charge in [0.2, 0.25) is 0 Å². The lowest BCUT2D eigenvalue weighted by Gasteiger charge is -2.12. The summed E-state index contributed by atoms with van der Waals surface area (Å²) in [4.78, 5) is 13.0. The first-order valence-electron chi connectivity index (χ1n) is 4.23. The van der Waals surface area contributed by atoms with Crippen LogP contribution >= 0.6 is 11.8 Å². The molecule has 1 aliphatic heterocycles. The van der Waals surface area contributed by atoms with E-state index in [1.165, 1.54) is 23.9 Å². The minimum absolute atomic E-state index is 0.314. The van der Waals surface area contributed by atoms with E-state index >= 15 is 0 Å². The second kappa shape index (κ2) is 3.58. The molecule has 1 heterocycles. The van der Waals surface area contributed by atoms with Crippen molar-refractivity contribution in [2.75, 3.05) is 11.9 Å². The van der Waals surface area contributed by atoms with E-state index in [0.29, 0.717) is 5.03 Å². The van der Waals surface area contributed by atoms with Gasteiger partial charge in [-0.25, -0.2) is 9.18 Å². The Morgan fingerprint density at radius 1 is 1.60 bits per heavy atom. The second-order valence-corrected chi connectivity index (χ2v) is 4.16. The Morgan fingerprint density at radius 2 is 2.33 bits per heavy atom. The summed E-state index contributed by atoms with van der Waals surface area (Å²) in [6, 6.07) is 4.40. The molecule has 0 radical (unpaired) electrons.